The number of benzene rings is 2. The van der Waals surface area contributed by atoms with Crippen molar-refractivity contribution in [3.05, 3.63) is 80.0 Å². The second-order valence-electron chi connectivity index (χ2n) is 8.47. The van der Waals surface area contributed by atoms with Crippen LogP contribution in [0.3, 0.4) is 0 Å². The molecule has 4 rings (SSSR count). The van der Waals surface area contributed by atoms with Crippen LogP contribution in [0.5, 0.6) is 0 Å². The van der Waals surface area contributed by atoms with E-state index in [1.165, 1.54) is 13.6 Å². The van der Waals surface area contributed by atoms with Crippen LogP contribution in [0.25, 0.3) is 16.7 Å². The molecule has 1 unspecified atom stereocenters. The third-order valence-electron chi connectivity index (χ3n) is 6.06. The van der Waals surface area contributed by atoms with Crippen molar-refractivity contribution in [2.24, 2.45) is 0 Å². The van der Waals surface area contributed by atoms with Crippen LogP contribution in [-0.2, 0) is 13.1 Å². The molecule has 2 aromatic carbocycles. The minimum absolute atomic E-state index is 0.0188. The molecule has 2 aromatic heterocycles. The second-order valence-corrected chi connectivity index (χ2v) is 8.47. The molecule has 0 aliphatic rings. The first kappa shape index (κ1) is 22.5. The molecule has 8 heteroatoms. The number of aromatic nitrogens is 4. The van der Waals surface area contributed by atoms with Gasteiger partial charge in [-0.05, 0) is 56.0 Å². The lowest BCUT2D eigenvalue weighted by molar-refractivity contribution is 0.0939. The first-order valence-corrected chi connectivity index (χ1v) is 11.4. The topological polar surface area (TPSA) is 90.4 Å². The molecule has 0 saturated carbocycles. The van der Waals surface area contributed by atoms with E-state index in [1.54, 1.807) is 18.2 Å². The molecular formula is C25H29N5O3. The number of fused-ring (bicyclic) bond motifs is 3. The van der Waals surface area contributed by atoms with Gasteiger partial charge in [0.1, 0.15) is 0 Å². The summed E-state index contributed by atoms with van der Waals surface area (Å²) in [6, 6.07) is 12.7. The zero-order valence-electron chi connectivity index (χ0n) is 19.5. The number of nitrogens with one attached hydrogen (secondary N) is 1. The third kappa shape index (κ3) is 4.08. The van der Waals surface area contributed by atoms with E-state index in [9.17, 15) is 14.4 Å². The van der Waals surface area contributed by atoms with Gasteiger partial charge in [-0.25, -0.2) is 13.9 Å². The highest BCUT2D eigenvalue weighted by molar-refractivity contribution is 5.98. The summed E-state index contributed by atoms with van der Waals surface area (Å²) in [5.74, 6) is 0.0462. The molecule has 0 saturated heterocycles. The Morgan fingerprint density at radius 3 is 2.58 bits per heavy atom. The maximum absolute atomic E-state index is 13.5. The van der Waals surface area contributed by atoms with Gasteiger partial charge >= 0.3 is 5.69 Å². The van der Waals surface area contributed by atoms with E-state index in [4.69, 9.17) is 0 Å². The molecule has 0 spiro atoms. The summed E-state index contributed by atoms with van der Waals surface area (Å²) < 4.78 is 4.37. The smallest absolute Gasteiger partial charge is 0.350 e. The molecule has 4 aromatic rings. The molecule has 1 amide bonds. The Kier molecular flexibility index (Phi) is 6.18. The minimum Gasteiger partial charge on any atom is -0.350 e. The van der Waals surface area contributed by atoms with Gasteiger partial charge in [0.05, 0.1) is 17.4 Å². The fourth-order valence-corrected chi connectivity index (χ4v) is 3.94. The van der Waals surface area contributed by atoms with Gasteiger partial charge in [-0.1, -0.05) is 38.1 Å². The lowest BCUT2D eigenvalue weighted by Gasteiger charge is -2.13. The molecule has 0 aliphatic carbocycles. The van der Waals surface area contributed by atoms with Crippen molar-refractivity contribution in [3.8, 4) is 0 Å². The van der Waals surface area contributed by atoms with Crippen molar-refractivity contribution in [2.75, 3.05) is 0 Å². The Bertz CT molecular complexity index is 1460. The largest absolute Gasteiger partial charge is 0.352 e. The predicted octanol–water partition coefficient (Wildman–Crippen LogP) is 3.11. The number of rotatable bonds is 7. The summed E-state index contributed by atoms with van der Waals surface area (Å²) >= 11 is 0. The number of amides is 1. The molecule has 0 fully saturated rings. The summed E-state index contributed by atoms with van der Waals surface area (Å²) in [5, 5.41) is 7.86. The Balaban J connectivity index is 1.96. The van der Waals surface area contributed by atoms with Gasteiger partial charge in [0.2, 0.25) is 5.78 Å². The van der Waals surface area contributed by atoms with E-state index in [0.717, 1.165) is 24.0 Å². The van der Waals surface area contributed by atoms with Crippen molar-refractivity contribution in [2.45, 2.75) is 59.7 Å². The van der Waals surface area contributed by atoms with Crippen molar-refractivity contribution >= 4 is 22.6 Å². The Labute approximate surface area is 191 Å². The average molecular weight is 448 g/mol. The molecular weight excluding hydrogens is 418 g/mol. The van der Waals surface area contributed by atoms with Gasteiger partial charge in [-0.15, -0.1) is 5.10 Å². The first-order chi connectivity index (χ1) is 15.8. The van der Waals surface area contributed by atoms with E-state index in [-0.39, 0.29) is 29.0 Å². The zero-order valence-corrected chi connectivity index (χ0v) is 19.5. The van der Waals surface area contributed by atoms with Gasteiger partial charge in [0.25, 0.3) is 11.5 Å². The number of carbonyl (C=O) groups is 1. The monoisotopic (exact) mass is 447 g/mol. The average Bonchev–Trinajstić information content (AvgIpc) is 3.13. The highest BCUT2D eigenvalue weighted by atomic mass is 16.2. The molecule has 1 N–H and O–H groups in total. The molecule has 0 aliphatic heterocycles. The van der Waals surface area contributed by atoms with E-state index in [0.29, 0.717) is 29.6 Å². The molecule has 2 heterocycles. The number of hydrogen-bond donors (Lipinski definition) is 1. The molecule has 0 radical (unpaired) electrons. The standard InChI is InChI=1S/C25H29N5O3/c1-5-13-28-23(32)20-12-11-18(22(31)26-17(4)6-2)14-21(20)30-24(28)27-29(25(30)33)15-19-10-8-7-9-16(19)3/h7-12,14,17H,5-6,13,15H2,1-4H3,(H,26,31). The van der Waals surface area contributed by atoms with E-state index < -0.39 is 0 Å². The van der Waals surface area contributed by atoms with Crippen LogP contribution >= 0.6 is 0 Å². The van der Waals surface area contributed by atoms with Gasteiger partial charge in [0, 0.05) is 18.2 Å². The van der Waals surface area contributed by atoms with Crippen LogP contribution in [0, 0.1) is 6.92 Å². The Hall–Kier alpha value is -3.68. The molecule has 8 nitrogen and oxygen atoms in total. The lowest BCUT2D eigenvalue weighted by Crippen LogP contribution is -2.32. The van der Waals surface area contributed by atoms with Crippen molar-refractivity contribution < 1.29 is 4.79 Å². The van der Waals surface area contributed by atoms with Gasteiger partial charge in [-0.3, -0.25) is 14.2 Å². The van der Waals surface area contributed by atoms with Gasteiger partial charge < -0.3 is 5.32 Å². The summed E-state index contributed by atoms with van der Waals surface area (Å²) in [7, 11) is 0. The van der Waals surface area contributed by atoms with Crippen molar-refractivity contribution in [3.63, 3.8) is 0 Å². The van der Waals surface area contributed by atoms with Gasteiger partial charge in [0.15, 0.2) is 0 Å². The van der Waals surface area contributed by atoms with Crippen LogP contribution in [0.15, 0.2) is 52.1 Å². The summed E-state index contributed by atoms with van der Waals surface area (Å²) in [6.07, 6.45) is 1.52. The van der Waals surface area contributed by atoms with E-state index >= 15 is 0 Å². The second kappa shape index (κ2) is 9.05. The van der Waals surface area contributed by atoms with Crippen LogP contribution in [0.2, 0.25) is 0 Å². The first-order valence-electron chi connectivity index (χ1n) is 11.4. The van der Waals surface area contributed by atoms with E-state index in [2.05, 4.69) is 10.4 Å². The number of hydrogen-bond acceptors (Lipinski definition) is 4. The number of aryl methyl sites for hydroxylation is 2. The van der Waals surface area contributed by atoms with Crippen LogP contribution in [-0.4, -0.2) is 30.7 Å². The SMILES string of the molecule is CCCn1c(=O)c2ccc(C(=O)NC(C)CC)cc2n2c(=O)n(Cc3ccccc3C)nc12. The normalized spacial score (nSPS) is 12.4. The zero-order chi connectivity index (χ0) is 23.7. The quantitative estimate of drug-likeness (QED) is 0.471. The third-order valence-corrected chi connectivity index (χ3v) is 6.06. The molecule has 172 valence electrons. The summed E-state index contributed by atoms with van der Waals surface area (Å²) in [4.78, 5) is 39.5. The molecule has 33 heavy (non-hydrogen) atoms. The summed E-state index contributed by atoms with van der Waals surface area (Å²) in [5.41, 5.74) is 2.26. The highest BCUT2D eigenvalue weighted by Crippen LogP contribution is 2.16. The molecule has 0 bridgehead atoms. The van der Waals surface area contributed by atoms with Crippen molar-refractivity contribution in [1.82, 2.24) is 24.1 Å². The minimum atomic E-state index is -0.345. The maximum atomic E-state index is 13.5. The molecule has 1 atom stereocenters. The van der Waals surface area contributed by atoms with E-state index in [1.807, 2.05) is 52.0 Å². The van der Waals surface area contributed by atoms with Crippen LogP contribution in [0.4, 0.5) is 0 Å². The van der Waals surface area contributed by atoms with Gasteiger partial charge in [-0.2, -0.15) is 0 Å². The lowest BCUT2D eigenvalue weighted by atomic mass is 10.1. The van der Waals surface area contributed by atoms with Crippen LogP contribution in [0.1, 0.15) is 55.1 Å². The van der Waals surface area contributed by atoms with Crippen LogP contribution < -0.4 is 16.6 Å². The Morgan fingerprint density at radius 1 is 1.12 bits per heavy atom. The Morgan fingerprint density at radius 2 is 1.88 bits per heavy atom. The summed E-state index contributed by atoms with van der Waals surface area (Å²) in [6.45, 7) is 8.62. The fourth-order valence-electron chi connectivity index (χ4n) is 3.94. The number of carbonyl (C=O) groups excluding carboxylic acids is 1. The van der Waals surface area contributed by atoms with Crippen molar-refractivity contribution in [1.29, 1.82) is 0 Å². The number of nitrogens with zero attached hydrogens (tertiary/aromatic N) is 4. The maximum Gasteiger partial charge on any atom is 0.352 e. The highest BCUT2D eigenvalue weighted by Gasteiger charge is 2.19. The fraction of sp³-hybridized carbons (Fsp3) is 0.360. The predicted molar refractivity (Wildman–Crippen MR) is 129 cm³/mol.